The Labute approximate surface area is 150 Å². The van der Waals surface area contributed by atoms with Gasteiger partial charge in [-0.05, 0) is 37.1 Å². The summed E-state index contributed by atoms with van der Waals surface area (Å²) in [5.74, 6) is -2.42. The van der Waals surface area contributed by atoms with E-state index in [9.17, 15) is 30.3 Å². The number of carbonyl (C=O) groups is 1. The lowest BCUT2D eigenvalue weighted by Gasteiger charge is -2.62. The van der Waals surface area contributed by atoms with E-state index in [1.165, 1.54) is 6.07 Å². The van der Waals surface area contributed by atoms with Crippen molar-refractivity contribution in [2.75, 3.05) is 13.1 Å². The molecule has 0 amide bonds. The highest BCUT2D eigenvalue weighted by Crippen LogP contribution is 2.59. The molecular weight excluding hydrogens is 338 g/mol. The van der Waals surface area contributed by atoms with E-state index in [0.29, 0.717) is 25.1 Å². The van der Waals surface area contributed by atoms with Gasteiger partial charge in [0.15, 0.2) is 17.3 Å². The number of phenolic OH excluding ortho intramolecular Hbond substituents is 2. The van der Waals surface area contributed by atoms with Crippen LogP contribution in [-0.4, -0.2) is 67.1 Å². The molecule has 1 aliphatic heterocycles. The van der Waals surface area contributed by atoms with E-state index in [2.05, 4.69) is 6.58 Å². The Morgan fingerprint density at radius 2 is 2.04 bits per heavy atom. The van der Waals surface area contributed by atoms with E-state index >= 15 is 0 Å². The standard InChI is InChI=1S/C19H21NO6/c1-2-6-20-7-5-18-14-10(3-4-11(21)15(14)23)8-13(20)19(18,26)9-12(22)16(24)17(18)25/h2-4,9,13,17,21-23,25-26H,1,5-8H2/t13-,17+,18+,19-/m1/s1. The molecule has 1 heterocycles. The summed E-state index contributed by atoms with van der Waals surface area (Å²) in [6.45, 7) is 4.67. The van der Waals surface area contributed by atoms with Gasteiger partial charge in [0.1, 0.15) is 11.7 Å². The number of rotatable bonds is 2. The number of aliphatic hydroxyl groups excluding tert-OH is 2. The molecule has 2 bridgehead atoms. The number of aliphatic hydroxyl groups is 3. The molecule has 1 aromatic rings. The Balaban J connectivity index is 2.06. The molecule has 1 aromatic carbocycles. The third kappa shape index (κ3) is 1.80. The van der Waals surface area contributed by atoms with Crippen LogP contribution in [0.4, 0.5) is 0 Å². The number of benzene rings is 1. The van der Waals surface area contributed by atoms with Gasteiger partial charge in [-0.1, -0.05) is 12.1 Å². The number of fused-ring (bicyclic) bond motifs is 1. The number of carbonyl (C=O) groups excluding carboxylic acids is 1. The largest absolute Gasteiger partial charge is 0.504 e. The maximum absolute atomic E-state index is 12.4. The third-order valence-electron chi connectivity index (χ3n) is 6.25. The molecule has 7 nitrogen and oxygen atoms in total. The fourth-order valence-electron chi connectivity index (χ4n) is 5.10. The first-order valence-electron chi connectivity index (χ1n) is 8.53. The highest BCUT2D eigenvalue weighted by Gasteiger charge is 2.69. The fraction of sp³-hybridized carbons (Fsp3) is 0.421. The van der Waals surface area contributed by atoms with E-state index in [0.717, 1.165) is 6.08 Å². The van der Waals surface area contributed by atoms with Crippen LogP contribution in [0.25, 0.3) is 0 Å². The van der Waals surface area contributed by atoms with Crippen LogP contribution >= 0.6 is 0 Å². The zero-order valence-electron chi connectivity index (χ0n) is 14.1. The average Bonchev–Trinajstić information content (AvgIpc) is 2.59. The monoisotopic (exact) mass is 359 g/mol. The molecule has 5 N–H and O–H groups in total. The second-order valence-corrected chi connectivity index (χ2v) is 7.31. The van der Waals surface area contributed by atoms with Gasteiger partial charge >= 0.3 is 0 Å². The van der Waals surface area contributed by atoms with Crippen LogP contribution in [0, 0.1) is 0 Å². The van der Waals surface area contributed by atoms with Crippen molar-refractivity contribution in [1.29, 1.82) is 0 Å². The minimum absolute atomic E-state index is 0.161. The number of ketones is 1. The van der Waals surface area contributed by atoms with Crippen molar-refractivity contribution < 1.29 is 30.3 Å². The number of likely N-dealkylation sites (tertiary alicyclic amines) is 1. The van der Waals surface area contributed by atoms with Gasteiger partial charge < -0.3 is 25.5 Å². The van der Waals surface area contributed by atoms with Gasteiger partial charge in [-0.2, -0.15) is 0 Å². The highest BCUT2D eigenvalue weighted by atomic mass is 16.3. The Hall–Kier alpha value is -2.35. The summed E-state index contributed by atoms with van der Waals surface area (Å²) in [4.78, 5) is 14.4. The van der Waals surface area contributed by atoms with Gasteiger partial charge in [0.05, 0.1) is 5.41 Å². The molecule has 1 fully saturated rings. The van der Waals surface area contributed by atoms with E-state index in [4.69, 9.17) is 0 Å². The summed E-state index contributed by atoms with van der Waals surface area (Å²) >= 11 is 0. The molecule has 26 heavy (non-hydrogen) atoms. The van der Waals surface area contributed by atoms with Crippen LogP contribution in [0.2, 0.25) is 0 Å². The van der Waals surface area contributed by atoms with E-state index < -0.39 is 40.5 Å². The van der Waals surface area contributed by atoms with Crippen LogP contribution < -0.4 is 0 Å². The van der Waals surface area contributed by atoms with E-state index in [1.807, 2.05) is 4.90 Å². The Morgan fingerprint density at radius 1 is 1.31 bits per heavy atom. The fourth-order valence-corrected chi connectivity index (χ4v) is 5.10. The molecule has 3 aliphatic rings. The molecule has 1 saturated heterocycles. The first-order valence-corrected chi connectivity index (χ1v) is 8.53. The molecule has 0 spiro atoms. The molecule has 4 rings (SSSR count). The maximum atomic E-state index is 12.4. The van der Waals surface area contributed by atoms with Crippen LogP contribution in [0.1, 0.15) is 17.5 Å². The minimum Gasteiger partial charge on any atom is -0.504 e. The molecule has 138 valence electrons. The molecule has 0 radical (unpaired) electrons. The van der Waals surface area contributed by atoms with Crippen molar-refractivity contribution in [2.45, 2.75) is 36.0 Å². The van der Waals surface area contributed by atoms with Crippen LogP contribution in [0.3, 0.4) is 0 Å². The Morgan fingerprint density at radius 3 is 2.73 bits per heavy atom. The van der Waals surface area contributed by atoms with Crippen molar-refractivity contribution in [1.82, 2.24) is 4.90 Å². The second-order valence-electron chi connectivity index (χ2n) is 7.31. The summed E-state index contributed by atoms with van der Waals surface area (Å²) in [7, 11) is 0. The normalized spacial score (nSPS) is 36.1. The molecule has 4 atom stereocenters. The Kier molecular flexibility index (Phi) is 3.50. The van der Waals surface area contributed by atoms with Gasteiger partial charge in [0, 0.05) is 18.2 Å². The molecule has 0 unspecified atom stereocenters. The van der Waals surface area contributed by atoms with Crippen molar-refractivity contribution >= 4 is 5.78 Å². The van der Waals surface area contributed by atoms with Crippen LogP contribution in [0.15, 0.2) is 36.6 Å². The zero-order valence-corrected chi connectivity index (χ0v) is 14.1. The summed E-state index contributed by atoms with van der Waals surface area (Å²) in [6, 6.07) is 2.45. The van der Waals surface area contributed by atoms with Crippen LogP contribution in [-0.2, 0) is 16.6 Å². The summed E-state index contributed by atoms with van der Waals surface area (Å²) in [5, 5.41) is 53.1. The van der Waals surface area contributed by atoms with Crippen molar-refractivity contribution in [3.63, 3.8) is 0 Å². The predicted octanol–water partition coefficient (Wildman–Crippen LogP) is 0.269. The van der Waals surface area contributed by atoms with Gasteiger partial charge in [0.2, 0.25) is 5.78 Å². The minimum atomic E-state index is -1.79. The first-order chi connectivity index (χ1) is 12.3. The van der Waals surface area contributed by atoms with E-state index in [1.54, 1.807) is 12.1 Å². The van der Waals surface area contributed by atoms with Gasteiger partial charge in [0.25, 0.3) is 0 Å². The van der Waals surface area contributed by atoms with E-state index in [-0.39, 0.29) is 17.7 Å². The first kappa shape index (κ1) is 17.1. The maximum Gasteiger partial charge on any atom is 0.226 e. The number of aromatic hydroxyl groups is 2. The van der Waals surface area contributed by atoms with Gasteiger partial charge in [-0.3, -0.25) is 9.69 Å². The average molecular weight is 359 g/mol. The van der Waals surface area contributed by atoms with Crippen LogP contribution in [0.5, 0.6) is 11.5 Å². The SMILES string of the molecule is C=CCN1CC[C@@]23c4c(ccc(O)c4O)C[C@@H]1[C@]2(O)C=C(O)C(=O)[C@@H]3O. The Bertz CT molecular complexity index is 849. The number of hydrogen-bond acceptors (Lipinski definition) is 7. The smallest absolute Gasteiger partial charge is 0.226 e. The summed E-state index contributed by atoms with van der Waals surface area (Å²) < 4.78 is 0. The number of phenols is 2. The number of hydrogen-bond donors (Lipinski definition) is 5. The van der Waals surface area contributed by atoms with Crippen molar-refractivity contribution in [3.8, 4) is 11.5 Å². The van der Waals surface area contributed by atoms with Gasteiger partial charge in [-0.25, -0.2) is 0 Å². The third-order valence-corrected chi connectivity index (χ3v) is 6.25. The predicted molar refractivity (Wildman–Crippen MR) is 92.0 cm³/mol. The highest BCUT2D eigenvalue weighted by molar-refractivity contribution is 6.00. The van der Waals surface area contributed by atoms with Crippen molar-refractivity contribution in [3.05, 3.63) is 47.7 Å². The zero-order chi connectivity index (χ0) is 18.9. The molecule has 0 aromatic heterocycles. The second kappa shape index (κ2) is 5.33. The lowest BCUT2D eigenvalue weighted by molar-refractivity contribution is -0.170. The molecule has 0 saturated carbocycles. The summed E-state index contributed by atoms with van der Waals surface area (Å²) in [6.07, 6.45) is 1.54. The van der Waals surface area contributed by atoms with Crippen molar-refractivity contribution in [2.24, 2.45) is 0 Å². The molecule has 2 aliphatic carbocycles. The molecular formula is C19H21NO6. The summed E-state index contributed by atoms with van der Waals surface area (Å²) in [5.41, 5.74) is -2.51. The lowest BCUT2D eigenvalue weighted by Crippen LogP contribution is -2.76. The topological polar surface area (TPSA) is 121 Å². The lowest BCUT2D eigenvalue weighted by atomic mass is 9.49. The number of Topliss-reactive ketones (excluding diaryl/α,β-unsaturated/α-hetero) is 1. The molecule has 7 heteroatoms. The van der Waals surface area contributed by atoms with Gasteiger partial charge in [-0.15, -0.1) is 6.58 Å². The quantitative estimate of drug-likeness (QED) is 0.379. The number of piperidine rings is 1. The number of nitrogens with zero attached hydrogens (tertiary/aromatic N) is 1.